The van der Waals surface area contributed by atoms with Crippen molar-refractivity contribution in [3.8, 4) is 0 Å². The van der Waals surface area contributed by atoms with E-state index >= 15 is 0 Å². The third-order valence-electron chi connectivity index (χ3n) is 6.33. The Balaban J connectivity index is 1.52. The van der Waals surface area contributed by atoms with Gasteiger partial charge in [0.05, 0.1) is 11.7 Å². The number of carbonyl (C=O) groups excluding carboxylic acids is 1. The maximum absolute atomic E-state index is 12.8. The smallest absolute Gasteiger partial charge is 0.307 e. The Kier molecular flexibility index (Phi) is 6.07. The number of hydrogen-bond donors (Lipinski definition) is 3. The van der Waals surface area contributed by atoms with Gasteiger partial charge in [0.2, 0.25) is 0 Å². The largest absolute Gasteiger partial charge is 0.333 e. The van der Waals surface area contributed by atoms with E-state index in [9.17, 15) is 13.2 Å². The topological polar surface area (TPSA) is 107 Å². The van der Waals surface area contributed by atoms with E-state index in [1.54, 1.807) is 0 Å². The molecular formula is C22H31N5O3S. The van der Waals surface area contributed by atoms with E-state index in [1.807, 2.05) is 19.0 Å². The fourth-order valence-electron chi connectivity index (χ4n) is 4.87. The molecule has 0 fully saturated rings. The van der Waals surface area contributed by atoms with E-state index in [-0.39, 0.29) is 11.1 Å². The predicted octanol–water partition coefficient (Wildman–Crippen LogP) is 3.30. The Morgan fingerprint density at radius 3 is 2.35 bits per heavy atom. The summed E-state index contributed by atoms with van der Waals surface area (Å²) < 4.78 is 27.7. The van der Waals surface area contributed by atoms with E-state index in [4.69, 9.17) is 0 Å². The van der Waals surface area contributed by atoms with E-state index in [2.05, 4.69) is 33.2 Å². The number of rotatable bonds is 7. The number of aromatic amines is 1. The molecule has 8 nitrogen and oxygen atoms in total. The minimum absolute atomic E-state index is 0.0322. The van der Waals surface area contributed by atoms with E-state index in [0.717, 1.165) is 68.2 Å². The fraction of sp³-hybridized carbons (Fsp3) is 0.545. The molecule has 0 radical (unpaired) electrons. The molecule has 2 aliphatic rings. The van der Waals surface area contributed by atoms with E-state index < -0.39 is 16.1 Å². The van der Waals surface area contributed by atoms with Gasteiger partial charge in [-0.05, 0) is 81.3 Å². The number of hydrogen-bond acceptors (Lipinski definition) is 5. The summed E-state index contributed by atoms with van der Waals surface area (Å²) >= 11 is 0. The van der Waals surface area contributed by atoms with Gasteiger partial charge >= 0.3 is 6.03 Å². The van der Waals surface area contributed by atoms with Crippen molar-refractivity contribution in [2.24, 2.45) is 0 Å². The van der Waals surface area contributed by atoms with Crippen LogP contribution in [0.25, 0.3) is 0 Å². The van der Waals surface area contributed by atoms with Crippen molar-refractivity contribution in [3.05, 3.63) is 40.1 Å². The minimum Gasteiger partial charge on any atom is -0.307 e. The van der Waals surface area contributed by atoms with Crippen LogP contribution in [0.5, 0.6) is 0 Å². The van der Waals surface area contributed by atoms with Crippen molar-refractivity contribution in [1.29, 1.82) is 0 Å². The molecule has 1 heterocycles. The fourth-order valence-corrected chi connectivity index (χ4v) is 5.72. The van der Waals surface area contributed by atoms with Gasteiger partial charge in [-0.1, -0.05) is 19.4 Å². The van der Waals surface area contributed by atoms with Gasteiger partial charge in [-0.25, -0.2) is 9.52 Å². The van der Waals surface area contributed by atoms with Crippen LogP contribution >= 0.6 is 0 Å². The van der Waals surface area contributed by atoms with Crippen molar-refractivity contribution in [3.63, 3.8) is 0 Å². The average molecular weight is 446 g/mol. The Morgan fingerprint density at radius 2 is 1.77 bits per heavy atom. The van der Waals surface area contributed by atoms with Crippen LogP contribution in [0.4, 0.5) is 10.5 Å². The van der Waals surface area contributed by atoms with Gasteiger partial charge in [0.15, 0.2) is 5.03 Å². The molecule has 1 unspecified atom stereocenters. The molecule has 4 rings (SSSR count). The number of amides is 2. The molecule has 0 saturated carbocycles. The number of anilines is 1. The number of nitrogens with one attached hydrogen (secondary N) is 3. The highest BCUT2D eigenvalue weighted by molar-refractivity contribution is 7.90. The second-order valence-corrected chi connectivity index (χ2v) is 10.4. The average Bonchev–Trinajstić information content (AvgIpc) is 3.45. The summed E-state index contributed by atoms with van der Waals surface area (Å²) in [6.07, 6.45) is 7.80. The Morgan fingerprint density at radius 1 is 1.13 bits per heavy atom. The van der Waals surface area contributed by atoms with Gasteiger partial charge in [0.25, 0.3) is 10.0 Å². The highest BCUT2D eigenvalue weighted by atomic mass is 32.2. The lowest BCUT2D eigenvalue weighted by Gasteiger charge is -2.22. The summed E-state index contributed by atoms with van der Waals surface area (Å²) in [6, 6.07) is 3.07. The number of aromatic nitrogens is 2. The van der Waals surface area contributed by atoms with Crippen molar-refractivity contribution < 1.29 is 13.2 Å². The van der Waals surface area contributed by atoms with Crippen LogP contribution in [-0.2, 0) is 35.7 Å². The summed E-state index contributed by atoms with van der Waals surface area (Å²) in [5.41, 5.74) is 6.40. The number of nitrogens with zero attached hydrogens (tertiary/aromatic N) is 2. The molecular weight excluding hydrogens is 414 g/mol. The van der Waals surface area contributed by atoms with Crippen LogP contribution < -0.4 is 10.0 Å². The third-order valence-corrected chi connectivity index (χ3v) is 7.55. The lowest BCUT2D eigenvalue weighted by molar-refractivity contribution is 0.256. The quantitative estimate of drug-likeness (QED) is 0.606. The standard InChI is InChI=1S/C22H31N5O3S/c1-4-7-19(27(2)3)18-13-20(25-24-18)31(29,30)26-22(28)23-21-16-10-5-8-14(16)12-15-9-6-11-17(15)21/h12-13,19H,4-11H2,1-3H3,(H,24,25)(H2,23,26,28). The van der Waals surface area contributed by atoms with Crippen LogP contribution in [0, 0.1) is 0 Å². The van der Waals surface area contributed by atoms with Crippen LogP contribution in [0.1, 0.15) is 66.6 Å². The molecule has 0 aliphatic heterocycles. The Hall–Kier alpha value is -2.39. The van der Waals surface area contributed by atoms with Crippen molar-refractivity contribution in [1.82, 2.24) is 19.8 Å². The normalized spacial score (nSPS) is 16.3. The van der Waals surface area contributed by atoms with Crippen LogP contribution in [0.2, 0.25) is 0 Å². The summed E-state index contributed by atoms with van der Waals surface area (Å²) in [5.74, 6) is 0. The van der Waals surface area contributed by atoms with E-state index in [1.165, 1.54) is 17.2 Å². The first-order valence-corrected chi connectivity index (χ1v) is 12.5. The minimum atomic E-state index is -4.08. The zero-order chi connectivity index (χ0) is 22.2. The predicted molar refractivity (Wildman–Crippen MR) is 120 cm³/mol. The van der Waals surface area contributed by atoms with Crippen LogP contribution in [0.15, 0.2) is 17.2 Å². The summed E-state index contributed by atoms with van der Waals surface area (Å²) in [6.45, 7) is 2.08. The molecule has 2 aliphatic carbocycles. The number of sulfonamides is 1. The zero-order valence-electron chi connectivity index (χ0n) is 18.4. The Bertz CT molecular complexity index is 1060. The zero-order valence-corrected chi connectivity index (χ0v) is 19.2. The number of urea groups is 1. The highest BCUT2D eigenvalue weighted by Crippen LogP contribution is 2.38. The molecule has 0 spiro atoms. The first kappa shape index (κ1) is 21.8. The maximum Gasteiger partial charge on any atom is 0.333 e. The molecule has 31 heavy (non-hydrogen) atoms. The first-order chi connectivity index (χ1) is 14.8. The molecule has 1 aromatic heterocycles. The molecule has 1 aromatic carbocycles. The SMILES string of the molecule is CCCC(c1cc(S(=O)(=O)NC(=O)Nc2c3c(cc4c2CCC4)CCC3)n[nH]1)N(C)C. The molecule has 1 atom stereocenters. The molecule has 0 saturated heterocycles. The summed E-state index contributed by atoms with van der Waals surface area (Å²) in [4.78, 5) is 14.7. The van der Waals surface area contributed by atoms with Crippen molar-refractivity contribution in [2.75, 3.05) is 19.4 Å². The number of fused-ring (bicyclic) bond motifs is 2. The van der Waals surface area contributed by atoms with Gasteiger partial charge in [0, 0.05) is 11.8 Å². The highest BCUT2D eigenvalue weighted by Gasteiger charge is 2.28. The lowest BCUT2D eigenvalue weighted by Crippen LogP contribution is -2.35. The number of H-pyrrole nitrogens is 1. The van der Waals surface area contributed by atoms with Crippen molar-refractivity contribution in [2.45, 2.75) is 69.4 Å². The van der Waals surface area contributed by atoms with Gasteiger partial charge in [-0.2, -0.15) is 13.5 Å². The molecule has 3 N–H and O–H groups in total. The summed E-state index contributed by atoms with van der Waals surface area (Å²) in [7, 11) is -0.200. The molecule has 2 amide bonds. The second kappa shape index (κ2) is 8.63. The third kappa shape index (κ3) is 4.34. The van der Waals surface area contributed by atoms with Gasteiger partial charge in [0.1, 0.15) is 0 Å². The molecule has 168 valence electrons. The van der Waals surface area contributed by atoms with E-state index in [0.29, 0.717) is 5.69 Å². The second-order valence-electron chi connectivity index (χ2n) is 8.72. The lowest BCUT2D eigenvalue weighted by atomic mass is 9.99. The number of aryl methyl sites for hydroxylation is 2. The van der Waals surface area contributed by atoms with Gasteiger partial charge in [-0.3, -0.25) is 5.10 Å². The van der Waals surface area contributed by atoms with Crippen molar-refractivity contribution >= 4 is 21.7 Å². The molecule has 0 bridgehead atoms. The first-order valence-electron chi connectivity index (χ1n) is 11.0. The monoisotopic (exact) mass is 445 g/mol. The molecule has 9 heteroatoms. The van der Waals surface area contributed by atoms with Crippen LogP contribution in [0.3, 0.4) is 0 Å². The van der Waals surface area contributed by atoms with Gasteiger partial charge < -0.3 is 10.2 Å². The number of carbonyl (C=O) groups is 1. The summed E-state index contributed by atoms with van der Waals surface area (Å²) in [5, 5.41) is 9.48. The van der Waals surface area contributed by atoms with Gasteiger partial charge in [-0.15, -0.1) is 0 Å². The van der Waals surface area contributed by atoms with Crippen LogP contribution in [-0.4, -0.2) is 43.6 Å². The maximum atomic E-state index is 12.8. The Labute approximate surface area is 183 Å². The number of benzene rings is 1. The molecule has 2 aromatic rings.